The molecule has 0 radical (unpaired) electrons. The number of halogens is 1. The Kier molecular flexibility index (Phi) is 7.19. The SMILES string of the molecule is Cc1cc(Br)ccc1N(C)C(=O)c1ccc(OCC(=O)N2C(C)CCCC2C)cc1. The molecule has 1 saturated heterocycles. The summed E-state index contributed by atoms with van der Waals surface area (Å²) in [4.78, 5) is 29.0. The number of piperidine rings is 1. The summed E-state index contributed by atoms with van der Waals surface area (Å²) in [5.41, 5.74) is 2.44. The Bertz CT molecular complexity index is 903. The van der Waals surface area contributed by atoms with Crippen molar-refractivity contribution in [3.8, 4) is 5.75 Å². The fourth-order valence-corrected chi connectivity index (χ4v) is 4.60. The quantitative estimate of drug-likeness (QED) is 0.600. The molecule has 0 saturated carbocycles. The molecule has 3 rings (SSSR count). The smallest absolute Gasteiger partial charge is 0.260 e. The van der Waals surface area contributed by atoms with Gasteiger partial charge in [0.1, 0.15) is 5.75 Å². The van der Waals surface area contributed by atoms with Gasteiger partial charge in [-0.2, -0.15) is 0 Å². The van der Waals surface area contributed by atoms with E-state index in [2.05, 4.69) is 29.8 Å². The number of benzene rings is 2. The summed E-state index contributed by atoms with van der Waals surface area (Å²) in [5, 5.41) is 0. The highest BCUT2D eigenvalue weighted by Crippen LogP contribution is 2.25. The normalized spacial score (nSPS) is 18.8. The zero-order valence-electron chi connectivity index (χ0n) is 18.0. The Morgan fingerprint density at radius 3 is 2.33 bits per heavy atom. The third kappa shape index (κ3) is 5.04. The van der Waals surface area contributed by atoms with Gasteiger partial charge in [-0.05, 0) is 88.1 Å². The molecular formula is C24H29BrN2O3. The van der Waals surface area contributed by atoms with Crippen molar-refractivity contribution in [2.75, 3.05) is 18.6 Å². The molecule has 160 valence electrons. The van der Waals surface area contributed by atoms with Gasteiger partial charge in [-0.25, -0.2) is 0 Å². The van der Waals surface area contributed by atoms with Gasteiger partial charge in [0.2, 0.25) is 0 Å². The van der Waals surface area contributed by atoms with E-state index in [1.807, 2.05) is 30.0 Å². The van der Waals surface area contributed by atoms with Crippen molar-refractivity contribution >= 4 is 33.4 Å². The predicted octanol–water partition coefficient (Wildman–Crippen LogP) is 5.20. The van der Waals surface area contributed by atoms with Crippen LogP contribution in [0.2, 0.25) is 0 Å². The minimum Gasteiger partial charge on any atom is -0.484 e. The zero-order valence-corrected chi connectivity index (χ0v) is 19.6. The van der Waals surface area contributed by atoms with E-state index in [1.165, 1.54) is 0 Å². The topological polar surface area (TPSA) is 49.9 Å². The van der Waals surface area contributed by atoms with Crippen LogP contribution in [0, 0.1) is 6.92 Å². The van der Waals surface area contributed by atoms with Crippen LogP contribution < -0.4 is 9.64 Å². The summed E-state index contributed by atoms with van der Waals surface area (Å²) in [6.45, 7) is 6.18. The van der Waals surface area contributed by atoms with Gasteiger partial charge >= 0.3 is 0 Å². The molecule has 2 amide bonds. The van der Waals surface area contributed by atoms with Gasteiger partial charge < -0.3 is 14.5 Å². The number of amides is 2. The maximum absolute atomic E-state index is 12.9. The highest BCUT2D eigenvalue weighted by atomic mass is 79.9. The molecule has 2 aromatic rings. The van der Waals surface area contributed by atoms with Crippen LogP contribution in [0.3, 0.4) is 0 Å². The number of hydrogen-bond donors (Lipinski definition) is 0. The second-order valence-electron chi connectivity index (χ2n) is 8.04. The van der Waals surface area contributed by atoms with E-state index in [4.69, 9.17) is 4.74 Å². The van der Waals surface area contributed by atoms with Crippen molar-refractivity contribution in [2.24, 2.45) is 0 Å². The molecule has 30 heavy (non-hydrogen) atoms. The molecule has 2 atom stereocenters. The zero-order chi connectivity index (χ0) is 21.8. The van der Waals surface area contributed by atoms with Gasteiger partial charge in [0.15, 0.2) is 6.61 Å². The van der Waals surface area contributed by atoms with Crippen molar-refractivity contribution in [1.29, 1.82) is 0 Å². The van der Waals surface area contributed by atoms with Crippen LogP contribution in [-0.2, 0) is 4.79 Å². The van der Waals surface area contributed by atoms with E-state index in [-0.39, 0.29) is 30.5 Å². The van der Waals surface area contributed by atoms with Crippen LogP contribution in [0.5, 0.6) is 5.75 Å². The van der Waals surface area contributed by atoms with Gasteiger partial charge in [-0.15, -0.1) is 0 Å². The molecule has 2 unspecified atom stereocenters. The molecule has 0 aromatic heterocycles. The first kappa shape index (κ1) is 22.3. The van der Waals surface area contributed by atoms with E-state index in [9.17, 15) is 9.59 Å². The summed E-state index contributed by atoms with van der Waals surface area (Å²) in [6, 6.07) is 13.3. The highest BCUT2D eigenvalue weighted by Gasteiger charge is 2.29. The standard InChI is InChI=1S/C24H29BrN2O3/c1-16-14-20(25)10-13-22(16)26(4)24(29)19-8-11-21(12-9-19)30-15-23(28)27-17(2)6-5-7-18(27)3/h8-14,17-18H,5-7,15H2,1-4H3. The Labute approximate surface area is 187 Å². The van der Waals surface area contributed by atoms with Gasteiger partial charge in [0.25, 0.3) is 11.8 Å². The molecule has 1 heterocycles. The summed E-state index contributed by atoms with van der Waals surface area (Å²) >= 11 is 3.45. The molecule has 0 aliphatic carbocycles. The van der Waals surface area contributed by atoms with Crippen LogP contribution in [0.1, 0.15) is 49.0 Å². The summed E-state index contributed by atoms with van der Waals surface area (Å²) < 4.78 is 6.69. The molecule has 1 fully saturated rings. The first-order valence-electron chi connectivity index (χ1n) is 10.4. The monoisotopic (exact) mass is 472 g/mol. The van der Waals surface area contributed by atoms with E-state index < -0.39 is 0 Å². The largest absolute Gasteiger partial charge is 0.484 e. The van der Waals surface area contributed by atoms with E-state index in [1.54, 1.807) is 36.2 Å². The first-order valence-corrected chi connectivity index (χ1v) is 11.2. The van der Waals surface area contributed by atoms with E-state index in [0.717, 1.165) is 35.0 Å². The van der Waals surface area contributed by atoms with Crippen LogP contribution in [0.4, 0.5) is 5.69 Å². The maximum Gasteiger partial charge on any atom is 0.260 e. The van der Waals surface area contributed by atoms with Crippen molar-refractivity contribution in [3.05, 3.63) is 58.1 Å². The number of carbonyl (C=O) groups is 2. The summed E-state index contributed by atoms with van der Waals surface area (Å²) in [5.74, 6) is 0.499. The summed E-state index contributed by atoms with van der Waals surface area (Å²) in [6.07, 6.45) is 3.24. The lowest BCUT2D eigenvalue weighted by Gasteiger charge is -2.38. The molecule has 0 N–H and O–H groups in total. The van der Waals surface area contributed by atoms with Crippen LogP contribution in [0.25, 0.3) is 0 Å². The second kappa shape index (κ2) is 9.65. The third-order valence-corrected chi connectivity index (χ3v) is 6.26. The van der Waals surface area contributed by atoms with E-state index in [0.29, 0.717) is 11.3 Å². The van der Waals surface area contributed by atoms with Gasteiger partial charge in [-0.3, -0.25) is 9.59 Å². The lowest BCUT2D eigenvalue weighted by Crippen LogP contribution is -2.49. The molecule has 0 spiro atoms. The highest BCUT2D eigenvalue weighted by molar-refractivity contribution is 9.10. The lowest BCUT2D eigenvalue weighted by atomic mass is 9.97. The second-order valence-corrected chi connectivity index (χ2v) is 8.95. The Hall–Kier alpha value is -2.34. The molecule has 1 aliphatic heterocycles. The fourth-order valence-electron chi connectivity index (χ4n) is 4.12. The van der Waals surface area contributed by atoms with Crippen molar-refractivity contribution < 1.29 is 14.3 Å². The van der Waals surface area contributed by atoms with Gasteiger partial charge in [0, 0.05) is 34.9 Å². The first-order chi connectivity index (χ1) is 14.3. The van der Waals surface area contributed by atoms with Crippen molar-refractivity contribution in [3.63, 3.8) is 0 Å². The number of likely N-dealkylation sites (tertiary alicyclic amines) is 1. The molecule has 1 aliphatic rings. The Balaban J connectivity index is 1.61. The molecule has 2 aromatic carbocycles. The van der Waals surface area contributed by atoms with Crippen LogP contribution >= 0.6 is 15.9 Å². The predicted molar refractivity (Wildman–Crippen MR) is 123 cm³/mol. The number of anilines is 1. The average molecular weight is 473 g/mol. The maximum atomic E-state index is 12.9. The minimum atomic E-state index is -0.0981. The number of rotatable bonds is 5. The van der Waals surface area contributed by atoms with Crippen LogP contribution in [-0.4, -0.2) is 42.5 Å². The minimum absolute atomic E-state index is 0.0139. The van der Waals surface area contributed by atoms with E-state index >= 15 is 0 Å². The number of aryl methyl sites for hydroxylation is 1. The van der Waals surface area contributed by atoms with Crippen LogP contribution in [0.15, 0.2) is 46.9 Å². The number of ether oxygens (including phenoxy) is 1. The third-order valence-electron chi connectivity index (χ3n) is 5.77. The molecule has 0 bridgehead atoms. The average Bonchev–Trinajstić information content (AvgIpc) is 2.71. The van der Waals surface area contributed by atoms with Gasteiger partial charge in [-0.1, -0.05) is 15.9 Å². The molecule has 5 nitrogen and oxygen atoms in total. The Morgan fingerprint density at radius 2 is 1.73 bits per heavy atom. The molecular weight excluding hydrogens is 444 g/mol. The number of nitrogens with zero attached hydrogens (tertiary/aromatic N) is 2. The summed E-state index contributed by atoms with van der Waals surface area (Å²) in [7, 11) is 1.77. The van der Waals surface area contributed by atoms with Crippen molar-refractivity contribution in [2.45, 2.75) is 52.1 Å². The molecule has 6 heteroatoms. The van der Waals surface area contributed by atoms with Crippen molar-refractivity contribution in [1.82, 2.24) is 4.90 Å². The fraction of sp³-hybridized carbons (Fsp3) is 0.417. The van der Waals surface area contributed by atoms with Gasteiger partial charge in [0.05, 0.1) is 0 Å². The number of hydrogen-bond acceptors (Lipinski definition) is 3. The Morgan fingerprint density at radius 1 is 1.10 bits per heavy atom. The lowest BCUT2D eigenvalue weighted by molar-refractivity contribution is -0.139. The number of carbonyl (C=O) groups excluding carboxylic acids is 2.